The van der Waals surface area contributed by atoms with Crippen molar-refractivity contribution in [2.24, 2.45) is 13.0 Å². The zero-order valence-electron chi connectivity index (χ0n) is 18.7. The molecule has 6 rings (SSSR count). The molecular formula is C25H24F2N6O. The number of H-pyrrole nitrogens is 1. The van der Waals surface area contributed by atoms with Crippen LogP contribution < -0.4 is 11.0 Å². The summed E-state index contributed by atoms with van der Waals surface area (Å²) >= 11 is 0. The fourth-order valence-electron chi connectivity index (χ4n) is 5.17. The first-order valence-corrected chi connectivity index (χ1v) is 11.4. The van der Waals surface area contributed by atoms with Crippen molar-refractivity contribution in [1.82, 2.24) is 29.2 Å². The van der Waals surface area contributed by atoms with E-state index in [-0.39, 0.29) is 11.6 Å². The van der Waals surface area contributed by atoms with E-state index < -0.39 is 5.69 Å². The molecule has 1 fully saturated rings. The van der Waals surface area contributed by atoms with Gasteiger partial charge in [-0.15, -0.1) is 0 Å². The zero-order valence-corrected chi connectivity index (χ0v) is 18.7. The third-order valence-electron chi connectivity index (χ3n) is 6.84. The molecule has 7 nitrogen and oxygen atoms in total. The summed E-state index contributed by atoms with van der Waals surface area (Å²) < 4.78 is 33.9. The van der Waals surface area contributed by atoms with Crippen molar-refractivity contribution in [3.8, 4) is 17.1 Å². The van der Waals surface area contributed by atoms with Gasteiger partial charge in [0.25, 0.3) is 0 Å². The van der Waals surface area contributed by atoms with Gasteiger partial charge in [0.05, 0.1) is 11.2 Å². The summed E-state index contributed by atoms with van der Waals surface area (Å²) in [6.07, 6.45) is 5.85. The predicted molar refractivity (Wildman–Crippen MR) is 127 cm³/mol. The summed E-state index contributed by atoms with van der Waals surface area (Å²) in [7, 11) is 1.86. The summed E-state index contributed by atoms with van der Waals surface area (Å²) in [4.78, 5) is 13.0. The second kappa shape index (κ2) is 7.95. The van der Waals surface area contributed by atoms with Gasteiger partial charge in [-0.3, -0.25) is 0 Å². The molecule has 9 heteroatoms. The number of nitrogens with one attached hydrogen (secondary N) is 2. The Labute approximate surface area is 193 Å². The van der Waals surface area contributed by atoms with Crippen molar-refractivity contribution < 1.29 is 8.78 Å². The molecule has 0 bridgehead atoms. The van der Waals surface area contributed by atoms with Crippen LogP contribution in [0.4, 0.5) is 8.78 Å². The number of fused-ring (bicyclic) bond motifs is 2. The molecule has 0 atom stereocenters. The third kappa shape index (κ3) is 3.35. The van der Waals surface area contributed by atoms with Gasteiger partial charge < -0.3 is 14.5 Å². The number of hydrogen-bond donors (Lipinski definition) is 2. The number of nitrogens with zero attached hydrogens (tertiary/aromatic N) is 4. The monoisotopic (exact) mass is 462 g/mol. The number of piperidine rings is 1. The Balaban J connectivity index is 1.56. The van der Waals surface area contributed by atoms with Crippen LogP contribution in [0.2, 0.25) is 0 Å². The summed E-state index contributed by atoms with van der Waals surface area (Å²) in [5, 5.41) is 11.5. The van der Waals surface area contributed by atoms with Crippen molar-refractivity contribution in [2.75, 3.05) is 13.1 Å². The summed E-state index contributed by atoms with van der Waals surface area (Å²) in [5.41, 5.74) is 2.40. The number of aryl methyl sites for hydroxylation is 1. The maximum Gasteiger partial charge on any atom is 0.348 e. The van der Waals surface area contributed by atoms with Crippen LogP contribution >= 0.6 is 0 Å². The van der Waals surface area contributed by atoms with Gasteiger partial charge in [0.15, 0.2) is 5.82 Å². The minimum atomic E-state index is -0.436. The van der Waals surface area contributed by atoms with E-state index in [4.69, 9.17) is 0 Å². The molecule has 1 aliphatic heterocycles. The molecule has 2 N–H and O–H groups in total. The highest BCUT2D eigenvalue weighted by Gasteiger charge is 2.22. The Kier molecular flexibility index (Phi) is 4.88. The molecule has 0 unspecified atom stereocenters. The van der Waals surface area contributed by atoms with Crippen LogP contribution in [0, 0.1) is 17.6 Å². The second-order valence-electron chi connectivity index (χ2n) is 9.02. The van der Waals surface area contributed by atoms with Crippen LogP contribution in [0.25, 0.3) is 38.9 Å². The summed E-state index contributed by atoms with van der Waals surface area (Å²) in [5.74, 6) is 0.103. The van der Waals surface area contributed by atoms with Gasteiger partial charge in [0.2, 0.25) is 0 Å². The first-order chi connectivity index (χ1) is 16.5. The lowest BCUT2D eigenvalue weighted by molar-refractivity contribution is 0.337. The van der Waals surface area contributed by atoms with Gasteiger partial charge in [-0.2, -0.15) is 5.10 Å². The molecule has 2 aromatic carbocycles. The second-order valence-corrected chi connectivity index (χ2v) is 9.02. The van der Waals surface area contributed by atoms with Crippen LogP contribution in [0.3, 0.4) is 0 Å². The van der Waals surface area contributed by atoms with Crippen LogP contribution in [0.5, 0.6) is 0 Å². The fourth-order valence-corrected chi connectivity index (χ4v) is 5.17. The number of benzene rings is 2. The average Bonchev–Trinajstić information content (AvgIpc) is 3.47. The Hall–Kier alpha value is -3.72. The highest BCUT2D eigenvalue weighted by molar-refractivity contribution is 5.96. The van der Waals surface area contributed by atoms with Gasteiger partial charge in [0, 0.05) is 47.8 Å². The quantitative estimate of drug-likeness (QED) is 0.425. The first-order valence-electron chi connectivity index (χ1n) is 11.4. The van der Waals surface area contributed by atoms with Gasteiger partial charge in [0.1, 0.15) is 11.6 Å². The van der Waals surface area contributed by atoms with E-state index in [9.17, 15) is 13.6 Å². The van der Waals surface area contributed by atoms with E-state index in [1.807, 2.05) is 24.0 Å². The van der Waals surface area contributed by atoms with E-state index in [1.54, 1.807) is 12.1 Å². The molecule has 0 aliphatic carbocycles. The van der Waals surface area contributed by atoms with E-state index in [0.29, 0.717) is 33.8 Å². The third-order valence-corrected chi connectivity index (χ3v) is 6.84. The lowest BCUT2D eigenvalue weighted by atomic mass is 9.98. The van der Waals surface area contributed by atoms with E-state index >= 15 is 0 Å². The minimum Gasteiger partial charge on any atom is -0.350 e. The molecule has 0 saturated carbocycles. The Morgan fingerprint density at radius 2 is 1.71 bits per heavy atom. The van der Waals surface area contributed by atoms with E-state index in [0.717, 1.165) is 43.5 Å². The molecule has 1 saturated heterocycles. The molecule has 0 amide bonds. The number of hydrogen-bond acceptors (Lipinski definition) is 3. The lowest BCUT2D eigenvalue weighted by Crippen LogP contribution is -2.29. The van der Waals surface area contributed by atoms with Crippen LogP contribution in [-0.2, 0) is 13.6 Å². The molecule has 34 heavy (non-hydrogen) atoms. The average molecular weight is 463 g/mol. The van der Waals surface area contributed by atoms with Gasteiger partial charge >= 0.3 is 5.69 Å². The molecule has 4 heterocycles. The molecule has 0 radical (unpaired) electrons. The fraction of sp³-hybridized carbons (Fsp3) is 0.280. The number of rotatable bonds is 4. The maximum atomic E-state index is 14.3. The Morgan fingerprint density at radius 1 is 1.00 bits per heavy atom. The Morgan fingerprint density at radius 3 is 2.47 bits per heavy atom. The van der Waals surface area contributed by atoms with Crippen molar-refractivity contribution >= 4 is 21.8 Å². The van der Waals surface area contributed by atoms with E-state index in [1.165, 1.54) is 28.8 Å². The summed E-state index contributed by atoms with van der Waals surface area (Å²) in [6, 6.07) is 9.19. The van der Waals surface area contributed by atoms with Gasteiger partial charge in [-0.25, -0.2) is 23.2 Å². The molecule has 174 valence electrons. The smallest absolute Gasteiger partial charge is 0.348 e. The number of halogens is 2. The normalized spacial score (nSPS) is 15.0. The Bertz CT molecular complexity index is 1580. The predicted octanol–water partition coefficient (Wildman–Crippen LogP) is 3.95. The maximum absolute atomic E-state index is 14.3. The van der Waals surface area contributed by atoms with Crippen LogP contribution in [-0.4, -0.2) is 37.0 Å². The zero-order chi connectivity index (χ0) is 23.4. The standard InChI is InChI=1S/C25H24F2N6O/c1-31-13-20(18-10-16(26)2-4-21(18)31)24-29-30-25(34)33(24)23-14-32(12-15-6-8-28-9-7-15)22-5-3-17(27)11-19(22)23/h2-5,10-11,13-15,28H,6-9,12H2,1H3,(H,30,34). The summed E-state index contributed by atoms with van der Waals surface area (Å²) in [6.45, 7) is 2.74. The molecule has 1 aliphatic rings. The SMILES string of the molecule is Cn1cc(-c2n[nH]c(=O)n2-c2cn(CC3CCNCC3)c3ccc(F)cc23)c2cc(F)ccc21. The highest BCUT2D eigenvalue weighted by atomic mass is 19.1. The van der Waals surface area contributed by atoms with Crippen LogP contribution in [0.1, 0.15) is 12.8 Å². The lowest BCUT2D eigenvalue weighted by Gasteiger charge is -2.23. The van der Waals surface area contributed by atoms with E-state index in [2.05, 4.69) is 20.1 Å². The first kappa shape index (κ1) is 20.9. The number of aromatic nitrogens is 5. The highest BCUT2D eigenvalue weighted by Crippen LogP contribution is 2.33. The largest absolute Gasteiger partial charge is 0.350 e. The van der Waals surface area contributed by atoms with Crippen molar-refractivity contribution in [3.05, 3.63) is 70.9 Å². The van der Waals surface area contributed by atoms with Gasteiger partial charge in [-0.05, 0) is 68.2 Å². The van der Waals surface area contributed by atoms with Gasteiger partial charge in [-0.1, -0.05) is 0 Å². The van der Waals surface area contributed by atoms with Crippen molar-refractivity contribution in [3.63, 3.8) is 0 Å². The van der Waals surface area contributed by atoms with Crippen molar-refractivity contribution in [2.45, 2.75) is 19.4 Å². The van der Waals surface area contributed by atoms with Crippen LogP contribution in [0.15, 0.2) is 53.6 Å². The topological polar surface area (TPSA) is 72.6 Å². The molecule has 5 aromatic rings. The molecule has 0 spiro atoms. The van der Waals surface area contributed by atoms with Crippen molar-refractivity contribution in [1.29, 1.82) is 0 Å². The minimum absolute atomic E-state index is 0.353. The molecular weight excluding hydrogens is 438 g/mol. The number of aromatic amines is 1. The molecule has 3 aromatic heterocycles.